The first-order valence-corrected chi connectivity index (χ1v) is 7.64. The molecule has 0 N–H and O–H groups in total. The Labute approximate surface area is 121 Å². The van der Waals surface area contributed by atoms with Gasteiger partial charge in [0.15, 0.2) is 0 Å². The summed E-state index contributed by atoms with van der Waals surface area (Å²) in [7, 11) is 0. The van der Waals surface area contributed by atoms with Crippen LogP contribution in [0.4, 0.5) is 0 Å². The van der Waals surface area contributed by atoms with Gasteiger partial charge in [-0.25, -0.2) is 0 Å². The van der Waals surface area contributed by atoms with Gasteiger partial charge < -0.3 is 9.64 Å². The zero-order valence-corrected chi connectivity index (χ0v) is 12.7. The van der Waals surface area contributed by atoms with Gasteiger partial charge in [0.1, 0.15) is 5.75 Å². The van der Waals surface area contributed by atoms with Gasteiger partial charge in [-0.1, -0.05) is 25.0 Å². The number of carbonyl (C=O) groups is 1. The number of carbonyl (C=O) groups excluding carboxylic acids is 1. The highest BCUT2D eigenvalue weighted by Crippen LogP contribution is 2.19. The van der Waals surface area contributed by atoms with E-state index in [-0.39, 0.29) is 5.91 Å². The van der Waals surface area contributed by atoms with Gasteiger partial charge in [-0.3, -0.25) is 4.79 Å². The minimum absolute atomic E-state index is 0.234. The third kappa shape index (κ3) is 4.26. The van der Waals surface area contributed by atoms with E-state index in [2.05, 4.69) is 19.1 Å². The van der Waals surface area contributed by atoms with Gasteiger partial charge >= 0.3 is 0 Å². The lowest BCUT2D eigenvalue weighted by molar-refractivity contribution is -0.131. The van der Waals surface area contributed by atoms with E-state index >= 15 is 0 Å². The van der Waals surface area contributed by atoms with Crippen molar-refractivity contribution in [1.82, 2.24) is 4.90 Å². The number of hydrogen-bond acceptors (Lipinski definition) is 2. The van der Waals surface area contributed by atoms with Gasteiger partial charge in [0.05, 0.1) is 13.0 Å². The summed E-state index contributed by atoms with van der Waals surface area (Å²) < 4.78 is 5.76. The molecule has 110 valence electrons. The molecule has 0 aliphatic carbocycles. The number of benzene rings is 1. The van der Waals surface area contributed by atoms with Gasteiger partial charge in [0, 0.05) is 13.1 Å². The zero-order valence-electron chi connectivity index (χ0n) is 12.7. The number of rotatable bonds is 4. The second-order valence-electron chi connectivity index (χ2n) is 5.66. The van der Waals surface area contributed by atoms with Crippen LogP contribution in [0.25, 0.3) is 0 Å². The van der Waals surface area contributed by atoms with E-state index in [1.54, 1.807) is 0 Å². The van der Waals surface area contributed by atoms with Crippen molar-refractivity contribution in [2.75, 3.05) is 19.7 Å². The van der Waals surface area contributed by atoms with Crippen molar-refractivity contribution < 1.29 is 9.53 Å². The Kier molecular flexibility index (Phi) is 5.45. The molecule has 1 aliphatic heterocycles. The minimum Gasteiger partial charge on any atom is -0.493 e. The fourth-order valence-corrected chi connectivity index (χ4v) is 2.59. The van der Waals surface area contributed by atoms with E-state index in [0.29, 0.717) is 13.0 Å². The van der Waals surface area contributed by atoms with E-state index in [9.17, 15) is 4.79 Å². The molecule has 0 atom stereocenters. The predicted octanol–water partition coefficient (Wildman–Crippen LogP) is 3.47. The molecule has 3 nitrogen and oxygen atoms in total. The smallest absolute Gasteiger partial charge is 0.225 e. The van der Waals surface area contributed by atoms with E-state index in [0.717, 1.165) is 37.2 Å². The number of hydrogen-bond donors (Lipinski definition) is 0. The minimum atomic E-state index is 0.234. The molecular weight excluding hydrogens is 250 g/mol. The third-order valence-electron chi connectivity index (χ3n) is 3.88. The summed E-state index contributed by atoms with van der Waals surface area (Å²) in [5.74, 6) is 1.13. The summed E-state index contributed by atoms with van der Waals surface area (Å²) in [6.07, 6.45) is 5.27. The average Bonchev–Trinajstić information content (AvgIpc) is 2.71. The van der Waals surface area contributed by atoms with Crippen LogP contribution in [0.2, 0.25) is 0 Å². The van der Waals surface area contributed by atoms with Crippen LogP contribution in [0.1, 0.15) is 43.2 Å². The first-order chi connectivity index (χ1) is 9.66. The SMILES string of the molecule is Cc1ccc(C)c(OCCC(=O)N2CCCCCC2)c1. The fraction of sp³-hybridized carbons (Fsp3) is 0.588. The molecule has 0 bridgehead atoms. The Balaban J connectivity index is 1.80. The summed E-state index contributed by atoms with van der Waals surface area (Å²) >= 11 is 0. The zero-order chi connectivity index (χ0) is 14.4. The molecule has 1 heterocycles. The highest BCUT2D eigenvalue weighted by Gasteiger charge is 2.15. The molecule has 0 aromatic heterocycles. The molecule has 1 aliphatic rings. The van der Waals surface area contributed by atoms with Crippen LogP contribution in [0, 0.1) is 13.8 Å². The second kappa shape index (κ2) is 7.32. The lowest BCUT2D eigenvalue weighted by Crippen LogP contribution is -2.32. The maximum absolute atomic E-state index is 12.1. The molecule has 0 unspecified atom stereocenters. The van der Waals surface area contributed by atoms with Gasteiger partial charge in [-0.05, 0) is 43.9 Å². The summed E-state index contributed by atoms with van der Waals surface area (Å²) in [5.41, 5.74) is 2.31. The highest BCUT2D eigenvalue weighted by atomic mass is 16.5. The molecule has 1 saturated heterocycles. The van der Waals surface area contributed by atoms with Crippen molar-refractivity contribution in [2.24, 2.45) is 0 Å². The van der Waals surface area contributed by atoms with Gasteiger partial charge in [0.25, 0.3) is 0 Å². The lowest BCUT2D eigenvalue weighted by atomic mass is 10.1. The molecule has 0 radical (unpaired) electrons. The van der Waals surface area contributed by atoms with Crippen LogP contribution >= 0.6 is 0 Å². The van der Waals surface area contributed by atoms with Crippen molar-refractivity contribution in [3.05, 3.63) is 29.3 Å². The molecule has 1 aromatic carbocycles. The lowest BCUT2D eigenvalue weighted by Gasteiger charge is -2.20. The van der Waals surface area contributed by atoms with Gasteiger partial charge in [-0.2, -0.15) is 0 Å². The molecule has 1 aromatic rings. The molecule has 3 heteroatoms. The standard InChI is InChI=1S/C17H25NO2/c1-14-7-8-15(2)16(13-14)20-12-9-17(19)18-10-5-3-4-6-11-18/h7-8,13H,3-6,9-12H2,1-2H3. The summed E-state index contributed by atoms with van der Waals surface area (Å²) in [5, 5.41) is 0. The van der Waals surface area contributed by atoms with Gasteiger partial charge in [0.2, 0.25) is 5.91 Å². The van der Waals surface area contributed by atoms with Crippen LogP contribution in [0.3, 0.4) is 0 Å². The third-order valence-corrected chi connectivity index (χ3v) is 3.88. The second-order valence-corrected chi connectivity index (χ2v) is 5.66. The van der Waals surface area contributed by atoms with Crippen molar-refractivity contribution >= 4 is 5.91 Å². The average molecular weight is 275 g/mol. The van der Waals surface area contributed by atoms with Crippen molar-refractivity contribution in [1.29, 1.82) is 0 Å². The largest absolute Gasteiger partial charge is 0.493 e. The van der Waals surface area contributed by atoms with Crippen molar-refractivity contribution in [3.63, 3.8) is 0 Å². The molecule has 0 spiro atoms. The number of likely N-dealkylation sites (tertiary alicyclic amines) is 1. The fourth-order valence-electron chi connectivity index (χ4n) is 2.59. The van der Waals surface area contributed by atoms with Crippen LogP contribution < -0.4 is 4.74 Å². The molecular formula is C17H25NO2. The molecule has 1 amide bonds. The number of nitrogens with zero attached hydrogens (tertiary/aromatic N) is 1. The Bertz CT molecular complexity index is 448. The molecule has 0 saturated carbocycles. The summed E-state index contributed by atoms with van der Waals surface area (Å²) in [6.45, 7) is 6.39. The molecule has 2 rings (SSSR count). The molecule has 1 fully saturated rings. The van der Waals surface area contributed by atoms with Crippen LogP contribution in [-0.4, -0.2) is 30.5 Å². The number of aryl methyl sites for hydroxylation is 2. The Morgan fingerprint density at radius 3 is 2.55 bits per heavy atom. The Morgan fingerprint density at radius 1 is 1.15 bits per heavy atom. The maximum Gasteiger partial charge on any atom is 0.225 e. The first kappa shape index (κ1) is 14.9. The summed E-state index contributed by atoms with van der Waals surface area (Å²) in [4.78, 5) is 14.1. The molecule has 20 heavy (non-hydrogen) atoms. The quantitative estimate of drug-likeness (QED) is 0.842. The normalized spacial score (nSPS) is 15.8. The van der Waals surface area contributed by atoms with E-state index in [1.807, 2.05) is 17.9 Å². The number of amides is 1. The highest BCUT2D eigenvalue weighted by molar-refractivity contribution is 5.76. The predicted molar refractivity (Wildman–Crippen MR) is 81.1 cm³/mol. The maximum atomic E-state index is 12.1. The first-order valence-electron chi connectivity index (χ1n) is 7.64. The van der Waals surface area contributed by atoms with E-state index in [4.69, 9.17) is 4.74 Å². The number of ether oxygens (including phenoxy) is 1. The summed E-state index contributed by atoms with van der Waals surface area (Å²) in [6, 6.07) is 6.16. The van der Waals surface area contributed by atoms with Gasteiger partial charge in [-0.15, -0.1) is 0 Å². The van der Waals surface area contributed by atoms with Crippen molar-refractivity contribution in [2.45, 2.75) is 46.0 Å². The van der Waals surface area contributed by atoms with Crippen LogP contribution in [-0.2, 0) is 4.79 Å². The van der Waals surface area contributed by atoms with Crippen LogP contribution in [0.15, 0.2) is 18.2 Å². The topological polar surface area (TPSA) is 29.5 Å². The van der Waals surface area contributed by atoms with Crippen molar-refractivity contribution in [3.8, 4) is 5.75 Å². The monoisotopic (exact) mass is 275 g/mol. The Hall–Kier alpha value is -1.51. The van der Waals surface area contributed by atoms with Crippen LogP contribution in [0.5, 0.6) is 5.75 Å². The Morgan fingerprint density at radius 2 is 1.85 bits per heavy atom. The van der Waals surface area contributed by atoms with E-state index in [1.165, 1.54) is 18.4 Å². The van der Waals surface area contributed by atoms with E-state index < -0.39 is 0 Å².